The fraction of sp³-hybridized carbons (Fsp3) is 0.250. The van der Waals surface area contributed by atoms with Gasteiger partial charge in [0.1, 0.15) is 13.2 Å². The smallest absolute Gasteiger partial charge is 0.264 e. The molecule has 3 rings (SSSR count). The Bertz CT molecular complexity index is 870. The summed E-state index contributed by atoms with van der Waals surface area (Å²) in [5, 5.41) is 0.665. The number of benzene rings is 2. The Balaban J connectivity index is 2.02. The van der Waals surface area contributed by atoms with Crippen LogP contribution in [-0.2, 0) is 10.0 Å². The zero-order valence-corrected chi connectivity index (χ0v) is 15.2. The summed E-state index contributed by atoms with van der Waals surface area (Å²) in [6.07, 6.45) is 0. The maximum absolute atomic E-state index is 13.0. The fourth-order valence-electron chi connectivity index (χ4n) is 2.44. The minimum atomic E-state index is -3.77. The molecule has 1 aliphatic heterocycles. The molecule has 1 aliphatic rings. The van der Waals surface area contributed by atoms with E-state index in [-0.39, 0.29) is 11.4 Å². The molecule has 0 saturated carbocycles. The van der Waals surface area contributed by atoms with E-state index in [1.54, 1.807) is 25.1 Å². The van der Waals surface area contributed by atoms with Crippen molar-refractivity contribution in [3.05, 3.63) is 46.4 Å². The van der Waals surface area contributed by atoms with Crippen molar-refractivity contribution in [3.63, 3.8) is 0 Å². The van der Waals surface area contributed by atoms with E-state index in [0.29, 0.717) is 40.4 Å². The zero-order chi connectivity index (χ0) is 17.3. The van der Waals surface area contributed by atoms with Crippen LogP contribution >= 0.6 is 23.2 Å². The molecule has 0 saturated heterocycles. The summed E-state index contributed by atoms with van der Waals surface area (Å²) in [6.45, 7) is 2.83. The number of sulfonamides is 1. The van der Waals surface area contributed by atoms with Gasteiger partial charge in [-0.2, -0.15) is 0 Å². The first-order chi connectivity index (χ1) is 11.4. The number of fused-ring (bicyclic) bond motifs is 1. The molecule has 0 N–H and O–H groups in total. The summed E-state index contributed by atoms with van der Waals surface area (Å²) in [7, 11) is -3.77. The Morgan fingerprint density at radius 3 is 2.38 bits per heavy atom. The van der Waals surface area contributed by atoms with Crippen LogP contribution in [0, 0.1) is 0 Å². The molecule has 5 nitrogen and oxygen atoms in total. The summed E-state index contributed by atoms with van der Waals surface area (Å²) in [5.74, 6) is 0.963. The predicted octanol–water partition coefficient (Wildman–Crippen LogP) is 3.98. The van der Waals surface area contributed by atoms with Gasteiger partial charge >= 0.3 is 0 Å². The van der Waals surface area contributed by atoms with Crippen LogP contribution in [0.2, 0.25) is 10.0 Å². The van der Waals surface area contributed by atoms with Gasteiger partial charge in [0.2, 0.25) is 0 Å². The van der Waals surface area contributed by atoms with Crippen LogP contribution in [0.25, 0.3) is 0 Å². The summed E-state index contributed by atoms with van der Waals surface area (Å²) in [5.41, 5.74) is 0.446. The molecule has 24 heavy (non-hydrogen) atoms. The highest BCUT2D eigenvalue weighted by Gasteiger charge is 2.26. The lowest BCUT2D eigenvalue weighted by atomic mass is 10.3. The first kappa shape index (κ1) is 17.2. The van der Waals surface area contributed by atoms with Gasteiger partial charge in [-0.1, -0.05) is 23.2 Å². The lowest BCUT2D eigenvalue weighted by molar-refractivity contribution is 0.171. The molecule has 1 heterocycles. The molecule has 128 valence electrons. The molecular formula is C16H15Cl2NO4S. The fourth-order valence-corrected chi connectivity index (χ4v) is 4.22. The molecule has 0 radical (unpaired) electrons. The van der Waals surface area contributed by atoms with E-state index in [2.05, 4.69) is 0 Å². The zero-order valence-electron chi connectivity index (χ0n) is 12.8. The van der Waals surface area contributed by atoms with E-state index in [9.17, 15) is 8.42 Å². The topological polar surface area (TPSA) is 55.8 Å². The molecule has 0 aliphatic carbocycles. The second kappa shape index (κ2) is 6.70. The quantitative estimate of drug-likeness (QED) is 0.795. The molecule has 0 fully saturated rings. The SMILES string of the molecule is CCN(c1ccc(Cl)c(Cl)c1)S(=O)(=O)c1ccc2c(c1)OCCO2. The third-order valence-corrected chi connectivity index (χ3v) is 6.22. The Labute approximate surface area is 150 Å². The Hall–Kier alpha value is -1.63. The lowest BCUT2D eigenvalue weighted by Gasteiger charge is -2.24. The summed E-state index contributed by atoms with van der Waals surface area (Å²) in [6, 6.07) is 9.30. The number of anilines is 1. The molecule has 0 aromatic heterocycles. The van der Waals surface area contributed by atoms with Gasteiger partial charge < -0.3 is 9.47 Å². The molecule has 0 bridgehead atoms. The van der Waals surface area contributed by atoms with Gasteiger partial charge in [-0.05, 0) is 37.3 Å². The maximum atomic E-state index is 13.0. The molecule has 8 heteroatoms. The van der Waals surface area contributed by atoms with Crippen LogP contribution in [0.4, 0.5) is 5.69 Å². The van der Waals surface area contributed by atoms with Crippen molar-refractivity contribution < 1.29 is 17.9 Å². The van der Waals surface area contributed by atoms with Crippen LogP contribution in [0.3, 0.4) is 0 Å². The summed E-state index contributed by atoms with van der Waals surface area (Å²) in [4.78, 5) is 0.125. The van der Waals surface area contributed by atoms with E-state index in [0.717, 1.165) is 0 Å². The first-order valence-corrected chi connectivity index (χ1v) is 9.50. The largest absolute Gasteiger partial charge is 0.486 e. The summed E-state index contributed by atoms with van der Waals surface area (Å²) < 4.78 is 38.2. The third-order valence-electron chi connectivity index (χ3n) is 3.58. The number of rotatable bonds is 4. The van der Waals surface area contributed by atoms with Gasteiger partial charge in [0.15, 0.2) is 11.5 Å². The second-order valence-electron chi connectivity index (χ2n) is 5.07. The van der Waals surface area contributed by atoms with Crippen LogP contribution in [-0.4, -0.2) is 28.2 Å². The minimum absolute atomic E-state index is 0.125. The van der Waals surface area contributed by atoms with Crippen molar-refractivity contribution >= 4 is 38.9 Å². The minimum Gasteiger partial charge on any atom is -0.486 e. The van der Waals surface area contributed by atoms with E-state index >= 15 is 0 Å². The van der Waals surface area contributed by atoms with Crippen LogP contribution in [0.15, 0.2) is 41.3 Å². The van der Waals surface area contributed by atoms with Crippen LogP contribution in [0.5, 0.6) is 11.5 Å². The molecular weight excluding hydrogens is 373 g/mol. The highest BCUT2D eigenvalue weighted by atomic mass is 35.5. The van der Waals surface area contributed by atoms with E-state index in [1.807, 2.05) is 0 Å². The van der Waals surface area contributed by atoms with Gasteiger partial charge in [-0.15, -0.1) is 0 Å². The normalized spacial score (nSPS) is 13.6. The second-order valence-corrected chi connectivity index (χ2v) is 7.75. The molecule has 0 amide bonds. The van der Waals surface area contributed by atoms with E-state index in [4.69, 9.17) is 32.7 Å². The van der Waals surface area contributed by atoms with Gasteiger partial charge in [0.25, 0.3) is 10.0 Å². The van der Waals surface area contributed by atoms with Gasteiger partial charge in [0, 0.05) is 12.6 Å². The van der Waals surface area contributed by atoms with Gasteiger partial charge in [-0.3, -0.25) is 4.31 Å². The van der Waals surface area contributed by atoms with Crippen molar-refractivity contribution in [2.24, 2.45) is 0 Å². The highest BCUT2D eigenvalue weighted by molar-refractivity contribution is 7.92. The number of nitrogens with zero attached hydrogens (tertiary/aromatic N) is 1. The molecule has 2 aromatic rings. The molecule has 2 aromatic carbocycles. The monoisotopic (exact) mass is 387 g/mol. The Kier molecular flexibility index (Phi) is 4.80. The average molecular weight is 388 g/mol. The Morgan fingerprint density at radius 2 is 1.71 bits per heavy atom. The average Bonchev–Trinajstić information content (AvgIpc) is 2.58. The number of hydrogen-bond donors (Lipinski definition) is 0. The molecule has 0 unspecified atom stereocenters. The first-order valence-electron chi connectivity index (χ1n) is 7.31. The highest BCUT2D eigenvalue weighted by Crippen LogP contribution is 2.35. The van der Waals surface area contributed by atoms with E-state index < -0.39 is 10.0 Å². The van der Waals surface area contributed by atoms with E-state index in [1.165, 1.54) is 22.5 Å². The molecule has 0 spiro atoms. The third kappa shape index (κ3) is 3.14. The van der Waals surface area contributed by atoms with Crippen molar-refractivity contribution in [1.29, 1.82) is 0 Å². The van der Waals surface area contributed by atoms with Gasteiger partial charge in [0.05, 0.1) is 20.6 Å². The van der Waals surface area contributed by atoms with Crippen LogP contribution in [0.1, 0.15) is 6.92 Å². The summed E-state index contributed by atoms with van der Waals surface area (Å²) >= 11 is 11.9. The van der Waals surface area contributed by atoms with Gasteiger partial charge in [-0.25, -0.2) is 8.42 Å². The van der Waals surface area contributed by atoms with Crippen molar-refractivity contribution in [1.82, 2.24) is 0 Å². The predicted molar refractivity (Wildman–Crippen MR) is 94.1 cm³/mol. The number of halogens is 2. The lowest BCUT2D eigenvalue weighted by Crippen LogP contribution is -2.31. The van der Waals surface area contributed by atoms with Crippen molar-refractivity contribution in [3.8, 4) is 11.5 Å². The van der Waals surface area contributed by atoms with Crippen molar-refractivity contribution in [2.75, 3.05) is 24.1 Å². The number of ether oxygens (including phenoxy) is 2. The molecule has 0 atom stereocenters. The Morgan fingerprint density at radius 1 is 1.00 bits per heavy atom. The van der Waals surface area contributed by atoms with Crippen LogP contribution < -0.4 is 13.8 Å². The number of hydrogen-bond acceptors (Lipinski definition) is 4. The standard InChI is InChI=1S/C16H15Cl2NO4S/c1-2-19(11-3-5-13(17)14(18)9-11)24(20,21)12-4-6-15-16(10-12)23-8-7-22-15/h3-6,9-10H,2,7-8H2,1H3. The van der Waals surface area contributed by atoms with Crippen molar-refractivity contribution in [2.45, 2.75) is 11.8 Å². The maximum Gasteiger partial charge on any atom is 0.264 e.